The van der Waals surface area contributed by atoms with Gasteiger partial charge >= 0.3 is 0 Å². The third-order valence-corrected chi connectivity index (χ3v) is 4.85. The zero-order valence-corrected chi connectivity index (χ0v) is 14.5. The average molecular weight is 323 g/mol. The number of nitrogens with zero attached hydrogens (tertiary/aromatic N) is 2. The zero-order chi connectivity index (χ0) is 15.9. The molecule has 0 saturated carbocycles. The Kier molecular flexibility index (Phi) is 6.56. The molecule has 1 aliphatic rings. The van der Waals surface area contributed by atoms with Crippen molar-refractivity contribution in [3.8, 4) is 0 Å². The second-order valence-electron chi connectivity index (χ2n) is 6.01. The van der Waals surface area contributed by atoms with Gasteiger partial charge in [0.05, 0.1) is 10.7 Å². The van der Waals surface area contributed by atoms with E-state index in [9.17, 15) is 4.79 Å². The van der Waals surface area contributed by atoms with Gasteiger partial charge in [0, 0.05) is 32.1 Å². The number of piperazine rings is 1. The molecular formula is C18H27ClN2O. The van der Waals surface area contributed by atoms with Crippen molar-refractivity contribution in [3.63, 3.8) is 0 Å². The van der Waals surface area contributed by atoms with Gasteiger partial charge in [-0.1, -0.05) is 50.4 Å². The lowest BCUT2D eigenvalue weighted by molar-refractivity contribution is -0.136. The van der Waals surface area contributed by atoms with Crippen LogP contribution in [0.4, 0.5) is 5.69 Å². The number of carbonyl (C=O) groups excluding carboxylic acids is 1. The summed E-state index contributed by atoms with van der Waals surface area (Å²) < 4.78 is 0. The second-order valence-corrected chi connectivity index (χ2v) is 6.42. The predicted octanol–water partition coefficient (Wildman–Crippen LogP) is 4.21. The van der Waals surface area contributed by atoms with Gasteiger partial charge in [0.25, 0.3) is 0 Å². The van der Waals surface area contributed by atoms with E-state index in [2.05, 4.69) is 24.8 Å². The summed E-state index contributed by atoms with van der Waals surface area (Å²) in [6.45, 7) is 7.62. The Morgan fingerprint density at radius 1 is 1.18 bits per heavy atom. The van der Waals surface area contributed by atoms with Crippen molar-refractivity contribution in [1.29, 1.82) is 0 Å². The monoisotopic (exact) mass is 322 g/mol. The lowest BCUT2D eigenvalue weighted by atomic mass is 9.97. The first-order valence-corrected chi connectivity index (χ1v) is 8.83. The molecule has 0 spiro atoms. The maximum absolute atomic E-state index is 12.6. The van der Waals surface area contributed by atoms with Gasteiger partial charge < -0.3 is 9.80 Å². The number of halogens is 1. The normalized spacial score (nSPS) is 16.7. The third kappa shape index (κ3) is 4.16. The molecule has 1 saturated heterocycles. The van der Waals surface area contributed by atoms with E-state index in [4.69, 9.17) is 11.6 Å². The molecule has 0 aromatic heterocycles. The molecule has 22 heavy (non-hydrogen) atoms. The van der Waals surface area contributed by atoms with Crippen molar-refractivity contribution in [2.75, 3.05) is 31.1 Å². The minimum absolute atomic E-state index is 0.201. The quantitative estimate of drug-likeness (QED) is 0.783. The molecule has 2 rings (SSSR count). The fourth-order valence-corrected chi connectivity index (χ4v) is 3.34. The van der Waals surface area contributed by atoms with Crippen LogP contribution in [0.2, 0.25) is 5.02 Å². The number of hydrogen-bond donors (Lipinski definition) is 0. The Hall–Kier alpha value is -1.22. The molecule has 3 nitrogen and oxygen atoms in total. The largest absolute Gasteiger partial charge is 0.367 e. The highest BCUT2D eigenvalue weighted by Crippen LogP contribution is 2.26. The van der Waals surface area contributed by atoms with E-state index in [1.165, 1.54) is 0 Å². The number of para-hydroxylation sites is 1. The standard InChI is InChI=1S/C18H27ClN2O/c1-3-5-8-15(4-2)18(22)21-13-11-20(12-14-21)17-10-7-6-9-16(17)19/h6-7,9-10,15H,3-5,8,11-14H2,1-2H3. The smallest absolute Gasteiger partial charge is 0.225 e. The average Bonchev–Trinajstić information content (AvgIpc) is 2.56. The summed E-state index contributed by atoms with van der Waals surface area (Å²) in [4.78, 5) is 16.9. The summed E-state index contributed by atoms with van der Waals surface area (Å²) in [6.07, 6.45) is 4.27. The number of benzene rings is 1. The lowest BCUT2D eigenvalue weighted by Crippen LogP contribution is -2.50. The van der Waals surface area contributed by atoms with E-state index in [0.717, 1.165) is 62.6 Å². The van der Waals surface area contributed by atoms with Crippen LogP contribution >= 0.6 is 11.6 Å². The fraction of sp³-hybridized carbons (Fsp3) is 0.611. The minimum Gasteiger partial charge on any atom is -0.367 e. The van der Waals surface area contributed by atoms with Gasteiger partial charge in [0.15, 0.2) is 0 Å². The van der Waals surface area contributed by atoms with E-state index >= 15 is 0 Å². The highest BCUT2D eigenvalue weighted by molar-refractivity contribution is 6.33. The molecular weight excluding hydrogens is 296 g/mol. The maximum Gasteiger partial charge on any atom is 0.225 e. The van der Waals surface area contributed by atoms with E-state index in [-0.39, 0.29) is 5.92 Å². The molecule has 0 aliphatic carbocycles. The van der Waals surface area contributed by atoms with E-state index in [0.29, 0.717) is 5.91 Å². The molecule has 0 N–H and O–H groups in total. The van der Waals surface area contributed by atoms with Crippen LogP contribution in [-0.4, -0.2) is 37.0 Å². The number of anilines is 1. The predicted molar refractivity (Wildman–Crippen MR) is 93.6 cm³/mol. The molecule has 0 bridgehead atoms. The summed E-state index contributed by atoms with van der Waals surface area (Å²) in [5.74, 6) is 0.543. The topological polar surface area (TPSA) is 23.6 Å². The van der Waals surface area contributed by atoms with Crippen LogP contribution in [0.1, 0.15) is 39.5 Å². The van der Waals surface area contributed by atoms with Gasteiger partial charge in [-0.2, -0.15) is 0 Å². The maximum atomic E-state index is 12.6. The van der Waals surface area contributed by atoms with Gasteiger partial charge in [-0.25, -0.2) is 0 Å². The summed E-state index contributed by atoms with van der Waals surface area (Å²) in [5.41, 5.74) is 1.08. The molecule has 1 aromatic rings. The molecule has 1 heterocycles. The summed E-state index contributed by atoms with van der Waals surface area (Å²) in [6, 6.07) is 7.93. The van der Waals surface area contributed by atoms with Crippen LogP contribution in [0.25, 0.3) is 0 Å². The van der Waals surface area contributed by atoms with Crippen LogP contribution < -0.4 is 4.90 Å². The van der Waals surface area contributed by atoms with Gasteiger partial charge in [0.2, 0.25) is 5.91 Å². The number of carbonyl (C=O) groups is 1. The van der Waals surface area contributed by atoms with Crippen LogP contribution in [0.3, 0.4) is 0 Å². The van der Waals surface area contributed by atoms with Crippen molar-refractivity contribution in [2.45, 2.75) is 39.5 Å². The number of rotatable bonds is 6. The number of unbranched alkanes of at least 4 members (excludes halogenated alkanes) is 1. The Bertz CT molecular complexity index is 484. The van der Waals surface area contributed by atoms with Crippen molar-refractivity contribution in [2.24, 2.45) is 5.92 Å². The zero-order valence-electron chi connectivity index (χ0n) is 13.7. The minimum atomic E-state index is 0.201. The molecule has 4 heteroatoms. The first-order valence-electron chi connectivity index (χ1n) is 8.45. The van der Waals surface area contributed by atoms with Crippen LogP contribution in [-0.2, 0) is 4.79 Å². The van der Waals surface area contributed by atoms with E-state index < -0.39 is 0 Å². The van der Waals surface area contributed by atoms with Gasteiger partial charge in [0.1, 0.15) is 0 Å². The molecule has 1 fully saturated rings. The Morgan fingerprint density at radius 3 is 2.45 bits per heavy atom. The summed E-state index contributed by atoms with van der Waals surface area (Å²) in [7, 11) is 0. The van der Waals surface area contributed by atoms with Gasteiger partial charge in [-0.05, 0) is 25.0 Å². The van der Waals surface area contributed by atoms with E-state index in [1.54, 1.807) is 0 Å². The van der Waals surface area contributed by atoms with Gasteiger partial charge in [-0.3, -0.25) is 4.79 Å². The second kappa shape index (κ2) is 8.42. The molecule has 1 aliphatic heterocycles. The fourth-order valence-electron chi connectivity index (χ4n) is 3.09. The van der Waals surface area contributed by atoms with Crippen molar-refractivity contribution in [3.05, 3.63) is 29.3 Å². The van der Waals surface area contributed by atoms with Gasteiger partial charge in [-0.15, -0.1) is 0 Å². The van der Waals surface area contributed by atoms with Crippen molar-refractivity contribution < 1.29 is 4.79 Å². The van der Waals surface area contributed by atoms with Crippen LogP contribution in [0, 0.1) is 5.92 Å². The molecule has 122 valence electrons. The highest BCUT2D eigenvalue weighted by atomic mass is 35.5. The van der Waals surface area contributed by atoms with Crippen LogP contribution in [0.15, 0.2) is 24.3 Å². The first-order chi connectivity index (χ1) is 10.7. The third-order valence-electron chi connectivity index (χ3n) is 4.53. The number of hydrogen-bond acceptors (Lipinski definition) is 2. The lowest BCUT2D eigenvalue weighted by Gasteiger charge is -2.37. The molecule has 1 atom stereocenters. The number of amides is 1. The molecule has 1 amide bonds. The Balaban J connectivity index is 1.91. The first kappa shape index (κ1) is 17.1. The van der Waals surface area contributed by atoms with Crippen LogP contribution in [0.5, 0.6) is 0 Å². The Morgan fingerprint density at radius 2 is 1.86 bits per heavy atom. The summed E-state index contributed by atoms with van der Waals surface area (Å²) in [5, 5.41) is 0.789. The Labute approximate surface area is 139 Å². The van der Waals surface area contributed by atoms with E-state index in [1.807, 2.05) is 23.1 Å². The SMILES string of the molecule is CCCCC(CC)C(=O)N1CCN(c2ccccc2Cl)CC1. The van der Waals surface area contributed by atoms with Crippen molar-refractivity contribution in [1.82, 2.24) is 4.90 Å². The summed E-state index contributed by atoms with van der Waals surface area (Å²) >= 11 is 6.26. The molecule has 1 aromatic carbocycles. The molecule has 1 unspecified atom stereocenters. The molecule has 0 radical (unpaired) electrons. The van der Waals surface area contributed by atoms with Crippen molar-refractivity contribution >= 4 is 23.2 Å². The highest BCUT2D eigenvalue weighted by Gasteiger charge is 2.26.